The van der Waals surface area contributed by atoms with Crippen molar-refractivity contribution in [3.8, 4) is 5.75 Å². The molecular weight excluding hydrogens is 302 g/mol. The van der Waals surface area contributed by atoms with E-state index in [-0.39, 0.29) is 18.4 Å². The first-order valence-electron chi connectivity index (χ1n) is 7.21. The van der Waals surface area contributed by atoms with E-state index in [1.807, 2.05) is 6.92 Å². The topological polar surface area (TPSA) is 66.8 Å². The van der Waals surface area contributed by atoms with Gasteiger partial charge in [-0.25, -0.2) is 0 Å². The number of nitrogens with zero attached hydrogens (tertiary/aromatic N) is 1. The van der Waals surface area contributed by atoms with E-state index in [0.717, 1.165) is 5.75 Å². The normalized spacial score (nSPS) is 15.0. The average molecular weight is 321 g/mol. The van der Waals surface area contributed by atoms with Gasteiger partial charge in [0, 0.05) is 12.3 Å². The van der Waals surface area contributed by atoms with Crippen LogP contribution in [-0.2, 0) is 9.59 Å². The summed E-state index contributed by atoms with van der Waals surface area (Å²) in [4.78, 5) is 26.4. The number of amides is 2. The monoisotopic (exact) mass is 321 g/mol. The highest BCUT2D eigenvalue weighted by molar-refractivity contribution is 8.04. The standard InChI is InChI=1S/C16H19NO4S/c1-3-17-15(19)13(14(16(17)20)22-10-9-18)11-5-7-12(8-6-11)21-4-2/h5-8,18H,3-4,9-10H2,1-2H3. The number of aliphatic hydroxyl groups excluding tert-OH is 1. The van der Waals surface area contributed by atoms with Crippen LogP contribution in [0.4, 0.5) is 0 Å². The lowest BCUT2D eigenvalue weighted by molar-refractivity contribution is -0.136. The number of likely N-dealkylation sites (N-methyl/N-ethyl adjacent to an activating group) is 1. The molecule has 5 nitrogen and oxygen atoms in total. The number of ether oxygens (including phenoxy) is 1. The Morgan fingerprint density at radius 2 is 1.82 bits per heavy atom. The van der Waals surface area contributed by atoms with Gasteiger partial charge in [0.05, 0.1) is 23.7 Å². The summed E-state index contributed by atoms with van der Waals surface area (Å²) in [6.07, 6.45) is 0. The Bertz CT molecular complexity index is 595. The van der Waals surface area contributed by atoms with Gasteiger partial charge in [-0.15, -0.1) is 11.8 Å². The number of rotatable bonds is 7. The Labute approximate surface area is 133 Å². The molecular formula is C16H19NO4S. The molecule has 22 heavy (non-hydrogen) atoms. The minimum atomic E-state index is -0.283. The maximum atomic E-state index is 12.5. The van der Waals surface area contributed by atoms with Crippen LogP contribution >= 0.6 is 11.8 Å². The second kappa shape index (κ2) is 7.47. The second-order valence-electron chi connectivity index (χ2n) is 4.59. The lowest BCUT2D eigenvalue weighted by Gasteiger charge is -2.11. The van der Waals surface area contributed by atoms with Crippen molar-refractivity contribution >= 4 is 29.1 Å². The molecule has 0 unspecified atom stereocenters. The van der Waals surface area contributed by atoms with Crippen molar-refractivity contribution in [2.75, 3.05) is 25.5 Å². The number of hydrogen-bond acceptors (Lipinski definition) is 5. The number of thioether (sulfide) groups is 1. The summed E-state index contributed by atoms with van der Waals surface area (Å²) < 4.78 is 5.39. The van der Waals surface area contributed by atoms with Crippen molar-refractivity contribution in [2.45, 2.75) is 13.8 Å². The van der Waals surface area contributed by atoms with Crippen LogP contribution < -0.4 is 4.74 Å². The van der Waals surface area contributed by atoms with Crippen LogP contribution in [0.2, 0.25) is 0 Å². The SMILES string of the molecule is CCOc1ccc(C2=C(SCCO)C(=O)N(CC)C2=O)cc1. The number of carbonyl (C=O) groups is 2. The summed E-state index contributed by atoms with van der Waals surface area (Å²) in [6.45, 7) is 4.53. The zero-order valence-electron chi connectivity index (χ0n) is 12.7. The van der Waals surface area contributed by atoms with Crippen LogP contribution in [0.1, 0.15) is 19.4 Å². The van der Waals surface area contributed by atoms with Crippen molar-refractivity contribution in [2.24, 2.45) is 0 Å². The van der Waals surface area contributed by atoms with Gasteiger partial charge < -0.3 is 9.84 Å². The number of hydrogen-bond donors (Lipinski definition) is 1. The van der Waals surface area contributed by atoms with Crippen molar-refractivity contribution in [1.29, 1.82) is 0 Å². The molecule has 2 amide bonds. The van der Waals surface area contributed by atoms with Gasteiger partial charge in [0.25, 0.3) is 11.8 Å². The molecule has 0 spiro atoms. The first kappa shape index (κ1) is 16.6. The Morgan fingerprint density at radius 1 is 1.14 bits per heavy atom. The van der Waals surface area contributed by atoms with E-state index in [1.54, 1.807) is 31.2 Å². The minimum Gasteiger partial charge on any atom is -0.494 e. The van der Waals surface area contributed by atoms with Crippen LogP contribution in [0.3, 0.4) is 0 Å². The predicted molar refractivity (Wildman–Crippen MR) is 86.5 cm³/mol. The summed E-state index contributed by atoms with van der Waals surface area (Å²) >= 11 is 1.22. The molecule has 118 valence electrons. The first-order valence-corrected chi connectivity index (χ1v) is 8.19. The lowest BCUT2D eigenvalue weighted by Crippen LogP contribution is -2.31. The summed E-state index contributed by atoms with van der Waals surface area (Å²) in [6, 6.07) is 7.13. The van der Waals surface area contributed by atoms with Gasteiger partial charge >= 0.3 is 0 Å². The molecule has 0 aliphatic carbocycles. The Hall–Kier alpha value is -1.79. The third-order valence-corrected chi connectivity index (χ3v) is 4.29. The molecule has 0 atom stereocenters. The first-order chi connectivity index (χ1) is 10.6. The zero-order chi connectivity index (χ0) is 16.1. The molecule has 2 rings (SSSR count). The van der Waals surface area contributed by atoms with Gasteiger partial charge in [-0.2, -0.15) is 0 Å². The maximum absolute atomic E-state index is 12.5. The average Bonchev–Trinajstić information content (AvgIpc) is 2.76. The van der Waals surface area contributed by atoms with E-state index in [9.17, 15) is 9.59 Å². The molecule has 0 saturated carbocycles. The maximum Gasteiger partial charge on any atom is 0.267 e. The van der Waals surface area contributed by atoms with Gasteiger partial charge in [0.2, 0.25) is 0 Å². The molecule has 0 bridgehead atoms. The van der Waals surface area contributed by atoms with E-state index >= 15 is 0 Å². The summed E-state index contributed by atoms with van der Waals surface area (Å²) in [7, 11) is 0. The Morgan fingerprint density at radius 3 is 2.36 bits per heavy atom. The quantitative estimate of drug-likeness (QED) is 0.777. The number of carbonyl (C=O) groups excluding carboxylic acids is 2. The van der Waals surface area contributed by atoms with Crippen LogP contribution in [0.25, 0.3) is 5.57 Å². The highest BCUT2D eigenvalue weighted by Gasteiger charge is 2.37. The van der Waals surface area contributed by atoms with Crippen LogP contribution in [-0.4, -0.2) is 47.3 Å². The van der Waals surface area contributed by atoms with Crippen molar-refractivity contribution < 1.29 is 19.4 Å². The summed E-state index contributed by atoms with van der Waals surface area (Å²) in [5.74, 6) is 0.541. The van der Waals surface area contributed by atoms with Crippen molar-refractivity contribution in [1.82, 2.24) is 4.90 Å². The number of imide groups is 1. The molecule has 6 heteroatoms. The van der Waals surface area contributed by atoms with Crippen molar-refractivity contribution in [3.05, 3.63) is 34.7 Å². The van der Waals surface area contributed by atoms with Gasteiger partial charge in [-0.3, -0.25) is 14.5 Å². The van der Waals surface area contributed by atoms with Crippen molar-refractivity contribution in [3.63, 3.8) is 0 Å². The molecule has 1 aromatic carbocycles. The zero-order valence-corrected chi connectivity index (χ0v) is 13.5. The van der Waals surface area contributed by atoms with E-state index in [2.05, 4.69) is 0 Å². The number of aliphatic hydroxyl groups is 1. The summed E-state index contributed by atoms with van der Waals surface area (Å²) in [5.41, 5.74) is 1.10. The van der Waals surface area contributed by atoms with Crippen LogP contribution in [0.15, 0.2) is 29.2 Å². The van der Waals surface area contributed by atoms with E-state index in [4.69, 9.17) is 9.84 Å². The molecule has 1 N–H and O–H groups in total. The molecule has 1 aromatic rings. The molecule has 0 radical (unpaired) electrons. The second-order valence-corrected chi connectivity index (χ2v) is 5.69. The third-order valence-electron chi connectivity index (χ3n) is 3.23. The molecule has 1 aliphatic rings. The van der Waals surface area contributed by atoms with Crippen LogP contribution in [0.5, 0.6) is 5.75 Å². The molecule has 0 aromatic heterocycles. The largest absolute Gasteiger partial charge is 0.494 e. The van der Waals surface area contributed by atoms with E-state index < -0.39 is 0 Å². The number of benzene rings is 1. The summed E-state index contributed by atoms with van der Waals surface area (Å²) in [5, 5.41) is 8.98. The predicted octanol–water partition coefficient (Wildman–Crippen LogP) is 1.91. The van der Waals surface area contributed by atoms with E-state index in [0.29, 0.717) is 34.9 Å². The van der Waals surface area contributed by atoms with Gasteiger partial charge in [-0.1, -0.05) is 12.1 Å². The van der Waals surface area contributed by atoms with E-state index in [1.165, 1.54) is 16.7 Å². The lowest BCUT2D eigenvalue weighted by atomic mass is 10.1. The highest BCUT2D eigenvalue weighted by atomic mass is 32.2. The molecule has 0 saturated heterocycles. The molecule has 1 aliphatic heterocycles. The fourth-order valence-corrected chi connectivity index (χ4v) is 3.14. The third kappa shape index (κ3) is 3.18. The fourth-order valence-electron chi connectivity index (χ4n) is 2.26. The highest BCUT2D eigenvalue weighted by Crippen LogP contribution is 2.36. The Kier molecular flexibility index (Phi) is 5.63. The smallest absolute Gasteiger partial charge is 0.267 e. The van der Waals surface area contributed by atoms with Gasteiger partial charge in [0.15, 0.2) is 0 Å². The molecule has 0 fully saturated rings. The Balaban J connectivity index is 2.39. The van der Waals surface area contributed by atoms with Gasteiger partial charge in [-0.05, 0) is 31.5 Å². The molecule has 1 heterocycles. The minimum absolute atomic E-state index is 0.0433. The van der Waals surface area contributed by atoms with Gasteiger partial charge in [0.1, 0.15) is 5.75 Å². The van der Waals surface area contributed by atoms with Crippen LogP contribution in [0, 0.1) is 0 Å². The fraction of sp³-hybridized carbons (Fsp3) is 0.375.